The van der Waals surface area contributed by atoms with Crippen molar-refractivity contribution in [3.8, 4) is 11.5 Å². The Kier molecular flexibility index (Phi) is 7.83. The maximum atomic E-state index is 5.94. The molecule has 0 atom stereocenters. The molecule has 0 amide bonds. The first-order valence-corrected chi connectivity index (χ1v) is 7.26. The molecule has 3 N–H and O–H groups in total. The average Bonchev–Trinajstić information content (AvgIpc) is 2.86. The molecule has 2 aromatic rings. The minimum absolute atomic E-state index is 0. The molecular weight excluding hydrogens is 423 g/mol. The number of methoxy groups -OCH3 is 2. The molecule has 132 valence electrons. The molecule has 0 radical (unpaired) electrons. The number of hydrogen-bond acceptors (Lipinski definition) is 5. The number of aliphatic imine (C=N–C) groups is 1. The maximum Gasteiger partial charge on any atom is 0.193 e. The van der Waals surface area contributed by atoms with E-state index in [0.29, 0.717) is 29.7 Å². The Bertz CT molecular complexity index is 681. The van der Waals surface area contributed by atoms with E-state index < -0.39 is 0 Å². The van der Waals surface area contributed by atoms with Gasteiger partial charge in [-0.2, -0.15) is 0 Å². The highest BCUT2D eigenvalue weighted by atomic mass is 127. The molecule has 8 heteroatoms. The highest BCUT2D eigenvalue weighted by molar-refractivity contribution is 14.0. The van der Waals surface area contributed by atoms with Gasteiger partial charge in [-0.3, -0.25) is 4.99 Å². The first kappa shape index (κ1) is 20.1. The second-order valence-corrected chi connectivity index (χ2v) is 5.01. The van der Waals surface area contributed by atoms with Crippen molar-refractivity contribution in [2.24, 2.45) is 10.7 Å². The molecule has 24 heavy (non-hydrogen) atoms. The smallest absolute Gasteiger partial charge is 0.193 e. The van der Waals surface area contributed by atoms with E-state index in [4.69, 9.17) is 19.7 Å². The minimum Gasteiger partial charge on any atom is -0.497 e. The number of hydrogen-bond donors (Lipinski definition) is 2. The number of guanidine groups is 1. The van der Waals surface area contributed by atoms with Crippen LogP contribution in [0.1, 0.15) is 17.0 Å². The molecule has 0 aliphatic heterocycles. The molecule has 1 aromatic heterocycles. The highest BCUT2D eigenvalue weighted by Gasteiger charge is 2.09. The van der Waals surface area contributed by atoms with Crippen LogP contribution in [0.5, 0.6) is 11.5 Å². The largest absolute Gasteiger partial charge is 0.497 e. The molecule has 0 saturated heterocycles. The number of ether oxygens (including phenoxy) is 2. The molecule has 1 heterocycles. The van der Waals surface area contributed by atoms with Gasteiger partial charge in [0.2, 0.25) is 0 Å². The Morgan fingerprint density at radius 3 is 2.62 bits per heavy atom. The van der Waals surface area contributed by atoms with Crippen LogP contribution in [-0.2, 0) is 6.42 Å². The van der Waals surface area contributed by atoms with Crippen LogP contribution in [0.3, 0.4) is 0 Å². The van der Waals surface area contributed by atoms with Crippen molar-refractivity contribution >= 4 is 35.6 Å². The van der Waals surface area contributed by atoms with Crippen LogP contribution in [0.15, 0.2) is 27.7 Å². The van der Waals surface area contributed by atoms with E-state index in [0.717, 1.165) is 23.4 Å². The summed E-state index contributed by atoms with van der Waals surface area (Å²) in [6.45, 7) is 4.34. The van der Waals surface area contributed by atoms with Gasteiger partial charge in [0.05, 0.1) is 25.6 Å². The standard InChI is InChI=1S/C16H22N4O3.HI/c1-10-13(11(2)23-20-10)7-8-18-16(17)19-14-9-12(21-3)5-6-15(14)22-4;/h5-6,9H,7-8H2,1-4H3,(H3,17,18,19);1H. The topological polar surface area (TPSA) is 94.9 Å². The fraction of sp³-hybridized carbons (Fsp3) is 0.375. The summed E-state index contributed by atoms with van der Waals surface area (Å²) in [4.78, 5) is 4.32. The van der Waals surface area contributed by atoms with E-state index in [-0.39, 0.29) is 24.0 Å². The molecule has 0 bridgehead atoms. The molecular formula is C16H23IN4O3. The van der Waals surface area contributed by atoms with Crippen molar-refractivity contribution in [2.45, 2.75) is 20.3 Å². The van der Waals surface area contributed by atoms with Crippen molar-refractivity contribution in [1.82, 2.24) is 5.16 Å². The Balaban J connectivity index is 0.00000288. The third kappa shape index (κ3) is 5.02. The zero-order valence-electron chi connectivity index (χ0n) is 14.3. The third-order valence-corrected chi connectivity index (χ3v) is 3.49. The monoisotopic (exact) mass is 446 g/mol. The summed E-state index contributed by atoms with van der Waals surface area (Å²) in [5.74, 6) is 2.49. The van der Waals surface area contributed by atoms with Crippen molar-refractivity contribution in [2.75, 3.05) is 26.1 Å². The van der Waals surface area contributed by atoms with Gasteiger partial charge in [-0.05, 0) is 32.4 Å². The molecule has 0 spiro atoms. The quantitative estimate of drug-likeness (QED) is 0.403. The molecule has 2 rings (SSSR count). The SMILES string of the molecule is COc1ccc(OC)c(NC(N)=NCCc2c(C)noc2C)c1.I. The van der Waals surface area contributed by atoms with Gasteiger partial charge in [-0.1, -0.05) is 5.16 Å². The van der Waals surface area contributed by atoms with E-state index in [2.05, 4.69) is 15.5 Å². The van der Waals surface area contributed by atoms with Crippen LogP contribution in [-0.4, -0.2) is 31.9 Å². The van der Waals surface area contributed by atoms with Gasteiger partial charge >= 0.3 is 0 Å². The van der Waals surface area contributed by atoms with E-state index in [1.54, 1.807) is 26.4 Å². The fourth-order valence-electron chi connectivity index (χ4n) is 2.24. The number of rotatable bonds is 6. The summed E-state index contributed by atoms with van der Waals surface area (Å²) < 4.78 is 15.6. The lowest BCUT2D eigenvalue weighted by Gasteiger charge is -2.12. The predicted octanol–water partition coefficient (Wildman–Crippen LogP) is 2.90. The summed E-state index contributed by atoms with van der Waals surface area (Å²) in [5.41, 5.74) is 8.60. The van der Waals surface area contributed by atoms with Crippen molar-refractivity contribution in [1.29, 1.82) is 0 Å². The number of benzene rings is 1. The number of nitrogens with two attached hydrogens (primary N) is 1. The van der Waals surface area contributed by atoms with Crippen LogP contribution in [0.25, 0.3) is 0 Å². The van der Waals surface area contributed by atoms with Crippen LogP contribution in [0.4, 0.5) is 5.69 Å². The number of nitrogens with zero attached hydrogens (tertiary/aromatic N) is 2. The second kappa shape index (κ2) is 9.36. The van der Waals surface area contributed by atoms with Gasteiger partial charge < -0.3 is 25.0 Å². The summed E-state index contributed by atoms with van der Waals surface area (Å²) in [7, 11) is 3.20. The van der Waals surface area contributed by atoms with Gasteiger partial charge in [-0.25, -0.2) is 0 Å². The first-order chi connectivity index (χ1) is 11.0. The number of aromatic nitrogens is 1. The number of aryl methyl sites for hydroxylation is 2. The highest BCUT2D eigenvalue weighted by Crippen LogP contribution is 2.28. The van der Waals surface area contributed by atoms with Crippen molar-refractivity contribution < 1.29 is 14.0 Å². The lowest BCUT2D eigenvalue weighted by atomic mass is 10.1. The molecule has 0 fully saturated rings. The van der Waals surface area contributed by atoms with Gasteiger partial charge in [-0.15, -0.1) is 24.0 Å². The Morgan fingerprint density at radius 1 is 1.29 bits per heavy atom. The third-order valence-electron chi connectivity index (χ3n) is 3.49. The van der Waals surface area contributed by atoms with E-state index >= 15 is 0 Å². The van der Waals surface area contributed by atoms with Gasteiger partial charge in [0.15, 0.2) is 5.96 Å². The van der Waals surface area contributed by atoms with Gasteiger partial charge in [0, 0.05) is 18.2 Å². The zero-order chi connectivity index (χ0) is 16.8. The normalized spacial score (nSPS) is 10.9. The number of anilines is 1. The Hall–Kier alpha value is -1.97. The fourth-order valence-corrected chi connectivity index (χ4v) is 2.24. The van der Waals surface area contributed by atoms with E-state index in [1.807, 2.05) is 19.9 Å². The Labute approximate surface area is 158 Å². The van der Waals surface area contributed by atoms with Gasteiger partial charge in [0.1, 0.15) is 17.3 Å². The molecule has 7 nitrogen and oxygen atoms in total. The number of halogens is 1. The summed E-state index contributed by atoms with van der Waals surface area (Å²) >= 11 is 0. The molecule has 0 saturated carbocycles. The van der Waals surface area contributed by atoms with E-state index in [1.165, 1.54) is 0 Å². The van der Waals surface area contributed by atoms with Crippen molar-refractivity contribution in [3.05, 3.63) is 35.2 Å². The van der Waals surface area contributed by atoms with Crippen LogP contribution < -0.4 is 20.5 Å². The maximum absolute atomic E-state index is 5.94. The van der Waals surface area contributed by atoms with Gasteiger partial charge in [0.25, 0.3) is 0 Å². The molecule has 0 unspecified atom stereocenters. The second-order valence-electron chi connectivity index (χ2n) is 5.01. The number of nitrogens with one attached hydrogen (secondary N) is 1. The van der Waals surface area contributed by atoms with Crippen LogP contribution >= 0.6 is 24.0 Å². The summed E-state index contributed by atoms with van der Waals surface area (Å²) in [5, 5.41) is 6.95. The summed E-state index contributed by atoms with van der Waals surface area (Å²) in [6, 6.07) is 5.42. The predicted molar refractivity (Wildman–Crippen MR) is 105 cm³/mol. The van der Waals surface area contributed by atoms with Crippen LogP contribution in [0, 0.1) is 13.8 Å². The molecule has 0 aliphatic carbocycles. The first-order valence-electron chi connectivity index (χ1n) is 7.26. The van der Waals surface area contributed by atoms with E-state index in [9.17, 15) is 0 Å². The molecule has 1 aromatic carbocycles. The Morgan fingerprint density at radius 2 is 2.04 bits per heavy atom. The zero-order valence-corrected chi connectivity index (χ0v) is 16.6. The molecule has 0 aliphatic rings. The average molecular weight is 446 g/mol. The lowest BCUT2D eigenvalue weighted by Crippen LogP contribution is -2.23. The minimum atomic E-state index is 0. The summed E-state index contributed by atoms with van der Waals surface area (Å²) in [6.07, 6.45) is 0.721. The lowest BCUT2D eigenvalue weighted by molar-refractivity contribution is 0.392. The van der Waals surface area contributed by atoms with Crippen molar-refractivity contribution in [3.63, 3.8) is 0 Å². The van der Waals surface area contributed by atoms with Crippen LogP contribution in [0.2, 0.25) is 0 Å².